The Morgan fingerprint density at radius 1 is 1.19 bits per heavy atom. The molecule has 1 aliphatic rings. The van der Waals surface area contributed by atoms with Gasteiger partial charge in [0.1, 0.15) is 0 Å². The summed E-state index contributed by atoms with van der Waals surface area (Å²) in [4.78, 5) is 27.9. The molecule has 140 valence electrons. The predicted octanol–water partition coefficient (Wildman–Crippen LogP) is 2.16. The third-order valence-electron chi connectivity index (χ3n) is 4.81. The van der Waals surface area contributed by atoms with Crippen LogP contribution in [0.1, 0.15) is 35.7 Å². The average Bonchev–Trinajstić information content (AvgIpc) is 3.21. The van der Waals surface area contributed by atoms with Gasteiger partial charge in [-0.2, -0.15) is 0 Å². The number of nitrogens with one attached hydrogen (secondary N) is 2. The summed E-state index contributed by atoms with van der Waals surface area (Å²) in [7, 11) is -3.74. The molecular formula is C19H19N3O4S. The lowest BCUT2D eigenvalue weighted by molar-refractivity contribution is 0.0961. The average molecular weight is 385 g/mol. The van der Waals surface area contributed by atoms with Crippen LogP contribution in [-0.4, -0.2) is 29.4 Å². The van der Waals surface area contributed by atoms with Gasteiger partial charge in [0, 0.05) is 11.1 Å². The number of sulfonamides is 1. The monoisotopic (exact) mass is 385 g/mol. The quantitative estimate of drug-likeness (QED) is 0.719. The molecule has 0 saturated heterocycles. The number of fused-ring (bicyclic) bond motifs is 1. The number of carbonyl (C=O) groups is 1. The molecule has 2 N–H and O–H groups in total. The Labute approximate surface area is 156 Å². The number of hydrogen-bond acceptors (Lipinski definition) is 4. The van der Waals surface area contributed by atoms with Crippen LogP contribution in [0.15, 0.2) is 52.2 Å². The molecule has 4 rings (SSSR count). The second-order valence-electron chi connectivity index (χ2n) is 7.29. The molecule has 7 nitrogen and oxygen atoms in total. The maximum atomic E-state index is 12.9. The van der Waals surface area contributed by atoms with E-state index in [2.05, 4.69) is 9.71 Å². The van der Waals surface area contributed by atoms with E-state index in [1.165, 1.54) is 18.2 Å². The summed E-state index contributed by atoms with van der Waals surface area (Å²) in [5, 5.41) is 0. The smallest absolute Gasteiger partial charge is 0.305 e. The molecule has 0 unspecified atom stereocenters. The van der Waals surface area contributed by atoms with E-state index >= 15 is 0 Å². The normalized spacial score (nSPS) is 15.8. The van der Waals surface area contributed by atoms with E-state index in [0.717, 1.165) is 23.0 Å². The minimum atomic E-state index is -3.74. The molecule has 0 radical (unpaired) electrons. The third kappa shape index (κ3) is 3.22. The summed E-state index contributed by atoms with van der Waals surface area (Å²) < 4.78 is 28.9. The highest BCUT2D eigenvalue weighted by atomic mass is 32.2. The van der Waals surface area contributed by atoms with Crippen LogP contribution in [-0.2, 0) is 10.0 Å². The second kappa shape index (κ2) is 5.90. The Bertz CT molecular complexity index is 1230. The fourth-order valence-electron chi connectivity index (χ4n) is 3.03. The van der Waals surface area contributed by atoms with Crippen molar-refractivity contribution >= 4 is 27.0 Å². The number of aryl methyl sites for hydroxylation is 1. The van der Waals surface area contributed by atoms with Gasteiger partial charge >= 0.3 is 5.69 Å². The number of rotatable bonds is 4. The molecule has 27 heavy (non-hydrogen) atoms. The largest absolute Gasteiger partial charge is 0.333 e. The number of carbonyl (C=O) groups excluding carboxylic acids is 1. The number of benzene rings is 2. The topological polar surface area (TPSA) is 101 Å². The molecular weight excluding hydrogens is 366 g/mol. The summed E-state index contributed by atoms with van der Waals surface area (Å²) >= 11 is 0. The highest BCUT2D eigenvalue weighted by Crippen LogP contribution is 2.36. The molecule has 0 amide bonds. The molecule has 0 spiro atoms. The molecule has 1 heterocycles. The first-order valence-electron chi connectivity index (χ1n) is 8.59. The number of imidazole rings is 1. The fourth-order valence-corrected chi connectivity index (χ4v) is 4.52. The highest BCUT2D eigenvalue weighted by molar-refractivity contribution is 7.89. The third-order valence-corrected chi connectivity index (χ3v) is 6.45. The van der Waals surface area contributed by atoms with E-state index in [-0.39, 0.29) is 10.4 Å². The van der Waals surface area contributed by atoms with Crippen molar-refractivity contribution < 1.29 is 13.2 Å². The number of nitrogens with zero attached hydrogens (tertiary/aromatic N) is 1. The lowest BCUT2D eigenvalue weighted by Crippen LogP contribution is -2.34. The van der Waals surface area contributed by atoms with Crippen LogP contribution in [0.2, 0.25) is 0 Å². The summed E-state index contributed by atoms with van der Waals surface area (Å²) in [5.74, 6) is -0.508. The van der Waals surface area contributed by atoms with Crippen molar-refractivity contribution in [3.8, 4) is 0 Å². The lowest BCUT2D eigenvalue weighted by Gasteiger charge is -2.12. The van der Waals surface area contributed by atoms with E-state index in [4.69, 9.17) is 0 Å². The van der Waals surface area contributed by atoms with Crippen molar-refractivity contribution in [3.05, 3.63) is 64.1 Å². The van der Waals surface area contributed by atoms with Crippen LogP contribution in [0.4, 0.5) is 0 Å². The molecule has 1 aromatic heterocycles. The molecule has 1 aliphatic carbocycles. The Morgan fingerprint density at radius 2 is 1.93 bits per heavy atom. The summed E-state index contributed by atoms with van der Waals surface area (Å²) in [6, 6.07) is 11.2. The van der Waals surface area contributed by atoms with Crippen LogP contribution in [0, 0.1) is 6.92 Å². The maximum absolute atomic E-state index is 12.9. The molecule has 3 aromatic rings. The van der Waals surface area contributed by atoms with Crippen molar-refractivity contribution in [1.82, 2.24) is 14.3 Å². The molecule has 1 saturated carbocycles. The molecule has 8 heteroatoms. The minimum absolute atomic E-state index is 0.0212. The number of aromatic amines is 1. The van der Waals surface area contributed by atoms with Gasteiger partial charge in [-0.1, -0.05) is 17.7 Å². The predicted molar refractivity (Wildman–Crippen MR) is 101 cm³/mol. The Morgan fingerprint density at radius 3 is 2.59 bits per heavy atom. The van der Waals surface area contributed by atoms with Crippen molar-refractivity contribution in [1.29, 1.82) is 0 Å². The van der Waals surface area contributed by atoms with Gasteiger partial charge in [0.05, 0.1) is 15.9 Å². The summed E-state index contributed by atoms with van der Waals surface area (Å²) in [6.07, 6.45) is 1.57. The van der Waals surface area contributed by atoms with E-state index in [1.807, 2.05) is 19.9 Å². The van der Waals surface area contributed by atoms with Crippen LogP contribution in [0.3, 0.4) is 0 Å². The number of H-pyrrole nitrogens is 1. The minimum Gasteiger partial charge on any atom is -0.305 e. The molecule has 2 aromatic carbocycles. The van der Waals surface area contributed by atoms with Gasteiger partial charge in [0.15, 0.2) is 0 Å². The van der Waals surface area contributed by atoms with Gasteiger partial charge in [-0.15, -0.1) is 0 Å². The zero-order valence-electron chi connectivity index (χ0n) is 14.9. The van der Waals surface area contributed by atoms with Gasteiger partial charge in [-0.05, 0) is 57.0 Å². The Balaban J connectivity index is 1.83. The number of hydrogen-bond donors (Lipinski definition) is 2. The van der Waals surface area contributed by atoms with Crippen molar-refractivity contribution in [2.24, 2.45) is 0 Å². The number of aromatic nitrogens is 2. The first-order valence-corrected chi connectivity index (χ1v) is 10.1. The van der Waals surface area contributed by atoms with Crippen LogP contribution in [0.5, 0.6) is 0 Å². The fraction of sp³-hybridized carbons (Fsp3) is 0.263. The van der Waals surface area contributed by atoms with Gasteiger partial charge in [0.25, 0.3) is 5.91 Å². The summed E-state index contributed by atoms with van der Waals surface area (Å²) in [6.45, 7) is 3.69. The van der Waals surface area contributed by atoms with Crippen molar-refractivity contribution in [3.63, 3.8) is 0 Å². The van der Waals surface area contributed by atoms with E-state index in [1.54, 1.807) is 18.2 Å². The van der Waals surface area contributed by atoms with Crippen LogP contribution < -0.4 is 10.4 Å². The first-order chi connectivity index (χ1) is 12.7. The van der Waals surface area contributed by atoms with Gasteiger partial charge in [-0.3, -0.25) is 4.79 Å². The van der Waals surface area contributed by atoms with Crippen molar-refractivity contribution in [2.45, 2.75) is 37.1 Å². The highest BCUT2D eigenvalue weighted by Gasteiger charge is 2.41. The SMILES string of the molecule is Cc1cccc(C(=O)n2c(=O)[nH]c3ccc(S(=O)(=O)NC4(C)CC4)cc32)c1. The van der Waals surface area contributed by atoms with Gasteiger partial charge < -0.3 is 4.98 Å². The maximum Gasteiger partial charge on any atom is 0.333 e. The molecule has 1 fully saturated rings. The van der Waals surface area contributed by atoms with E-state index in [0.29, 0.717) is 11.1 Å². The Kier molecular flexibility index (Phi) is 3.87. The van der Waals surface area contributed by atoms with E-state index in [9.17, 15) is 18.0 Å². The zero-order chi connectivity index (χ0) is 19.4. The second-order valence-corrected chi connectivity index (χ2v) is 8.97. The van der Waals surface area contributed by atoms with Crippen LogP contribution >= 0.6 is 0 Å². The zero-order valence-corrected chi connectivity index (χ0v) is 15.8. The standard InChI is InChI=1S/C19H19N3O4S/c1-12-4-3-5-13(10-12)17(23)22-16-11-14(6-7-15(16)20-18(22)24)27(25,26)21-19(2)8-9-19/h3-7,10-11,21H,8-9H2,1-2H3,(H,20,24). The molecule has 0 atom stereocenters. The molecule has 0 aliphatic heterocycles. The van der Waals surface area contributed by atoms with Gasteiger partial charge in [0.2, 0.25) is 10.0 Å². The summed E-state index contributed by atoms with van der Waals surface area (Å²) in [5.41, 5.74) is 0.859. The van der Waals surface area contributed by atoms with Crippen molar-refractivity contribution in [2.75, 3.05) is 0 Å². The lowest BCUT2D eigenvalue weighted by atomic mass is 10.1. The molecule has 0 bridgehead atoms. The van der Waals surface area contributed by atoms with E-state index < -0.39 is 27.2 Å². The Hall–Kier alpha value is -2.71. The first kappa shape index (κ1) is 17.7. The van der Waals surface area contributed by atoms with Gasteiger partial charge in [-0.25, -0.2) is 22.5 Å². The van der Waals surface area contributed by atoms with Crippen LogP contribution in [0.25, 0.3) is 11.0 Å².